The summed E-state index contributed by atoms with van der Waals surface area (Å²) >= 11 is 0. The highest BCUT2D eigenvalue weighted by Crippen LogP contribution is 1.94. The minimum Gasteiger partial charge on any atom is -0.381 e. The van der Waals surface area contributed by atoms with Crippen molar-refractivity contribution in [3.63, 3.8) is 0 Å². The van der Waals surface area contributed by atoms with Gasteiger partial charge in [0.15, 0.2) is 0 Å². The van der Waals surface area contributed by atoms with Gasteiger partial charge in [0.2, 0.25) is 5.91 Å². The van der Waals surface area contributed by atoms with Crippen LogP contribution in [0.25, 0.3) is 0 Å². The number of hydrogen-bond donors (Lipinski definition) is 1. The maximum Gasteiger partial charge on any atom is 0.222 e. The Morgan fingerprint density at radius 3 is 2.67 bits per heavy atom. The fraction of sp³-hybridized carbons (Fsp3) is 0.889. The Kier molecular flexibility index (Phi) is 8.12. The van der Waals surface area contributed by atoms with Crippen LogP contribution in [-0.4, -0.2) is 26.2 Å². The molecule has 0 heterocycles. The van der Waals surface area contributed by atoms with Crippen LogP contribution >= 0.6 is 0 Å². The normalized spacial score (nSPS) is 9.83. The number of amides is 1. The van der Waals surface area contributed by atoms with E-state index >= 15 is 0 Å². The fourth-order valence-corrected chi connectivity index (χ4v) is 0.846. The number of nitrogens with one attached hydrogen (secondary N) is 1. The number of unbranched alkanes of at least 4 members (excludes halogenated alkanes) is 2. The Hall–Kier alpha value is -0.570. The van der Waals surface area contributed by atoms with Crippen molar-refractivity contribution in [2.24, 2.45) is 0 Å². The molecule has 12 heavy (non-hydrogen) atoms. The Morgan fingerprint density at radius 1 is 1.33 bits per heavy atom. The van der Waals surface area contributed by atoms with Gasteiger partial charge in [-0.15, -0.1) is 0 Å². The third kappa shape index (κ3) is 7.54. The van der Waals surface area contributed by atoms with Crippen molar-refractivity contribution >= 4 is 5.91 Å². The maximum atomic E-state index is 10.7. The largest absolute Gasteiger partial charge is 0.381 e. The average Bonchev–Trinajstić information content (AvgIpc) is 2.10. The lowest BCUT2D eigenvalue weighted by Crippen LogP contribution is -2.19. The maximum absolute atomic E-state index is 10.7. The molecule has 0 aliphatic carbocycles. The van der Waals surface area contributed by atoms with Gasteiger partial charge in [0.1, 0.15) is 0 Å². The molecule has 0 rings (SSSR count). The summed E-state index contributed by atoms with van der Waals surface area (Å²) in [5.74, 6) is 0.0468. The van der Waals surface area contributed by atoms with Crippen molar-refractivity contribution in [2.75, 3.05) is 20.3 Å². The molecule has 0 radical (unpaired) electrons. The van der Waals surface area contributed by atoms with E-state index in [1.807, 2.05) is 0 Å². The van der Waals surface area contributed by atoms with E-state index in [0.717, 1.165) is 13.0 Å². The van der Waals surface area contributed by atoms with Gasteiger partial charge in [0.25, 0.3) is 0 Å². The van der Waals surface area contributed by atoms with E-state index in [1.54, 1.807) is 7.05 Å². The molecule has 0 spiro atoms. The van der Waals surface area contributed by atoms with Crippen LogP contribution in [0.5, 0.6) is 0 Å². The Labute approximate surface area is 74.5 Å². The van der Waals surface area contributed by atoms with E-state index < -0.39 is 0 Å². The van der Waals surface area contributed by atoms with Gasteiger partial charge in [-0.1, -0.05) is 19.8 Å². The van der Waals surface area contributed by atoms with Crippen molar-refractivity contribution in [3.8, 4) is 0 Å². The van der Waals surface area contributed by atoms with Crippen molar-refractivity contribution in [2.45, 2.75) is 32.6 Å². The number of carbonyl (C=O) groups is 1. The van der Waals surface area contributed by atoms with E-state index in [4.69, 9.17) is 4.74 Å². The van der Waals surface area contributed by atoms with Gasteiger partial charge in [0.05, 0.1) is 6.61 Å². The molecule has 0 saturated heterocycles. The Bertz CT molecular complexity index is 115. The predicted molar refractivity (Wildman–Crippen MR) is 49.0 cm³/mol. The summed E-state index contributed by atoms with van der Waals surface area (Å²) in [6.07, 6.45) is 3.99. The van der Waals surface area contributed by atoms with Crippen LogP contribution in [0.15, 0.2) is 0 Å². The molecule has 0 aromatic rings. The van der Waals surface area contributed by atoms with Crippen LogP contribution in [0, 0.1) is 0 Å². The SMILES string of the molecule is CCCCCOCCC(=O)NC. The molecule has 0 bridgehead atoms. The first-order valence-electron chi connectivity index (χ1n) is 4.59. The first-order valence-corrected chi connectivity index (χ1v) is 4.59. The number of rotatable bonds is 7. The van der Waals surface area contributed by atoms with Crippen LogP contribution in [0.3, 0.4) is 0 Å². The summed E-state index contributed by atoms with van der Waals surface area (Å²) in [5.41, 5.74) is 0. The van der Waals surface area contributed by atoms with Crippen molar-refractivity contribution in [1.29, 1.82) is 0 Å². The second-order valence-electron chi connectivity index (χ2n) is 2.74. The highest BCUT2D eigenvalue weighted by atomic mass is 16.5. The zero-order chi connectivity index (χ0) is 9.23. The molecule has 0 aromatic heterocycles. The van der Waals surface area contributed by atoms with Crippen LogP contribution in [-0.2, 0) is 9.53 Å². The zero-order valence-corrected chi connectivity index (χ0v) is 8.06. The summed E-state index contributed by atoms with van der Waals surface area (Å²) in [5, 5.41) is 2.55. The highest BCUT2D eigenvalue weighted by Gasteiger charge is 1.96. The average molecular weight is 173 g/mol. The molecule has 3 nitrogen and oxygen atoms in total. The van der Waals surface area contributed by atoms with Crippen LogP contribution in [0.2, 0.25) is 0 Å². The molecular weight excluding hydrogens is 154 g/mol. The van der Waals surface area contributed by atoms with E-state index in [0.29, 0.717) is 13.0 Å². The molecule has 0 aliphatic rings. The van der Waals surface area contributed by atoms with E-state index in [1.165, 1.54) is 12.8 Å². The van der Waals surface area contributed by atoms with Gasteiger partial charge in [-0.05, 0) is 6.42 Å². The summed E-state index contributed by atoms with van der Waals surface area (Å²) < 4.78 is 5.25. The molecule has 0 atom stereocenters. The highest BCUT2D eigenvalue weighted by molar-refractivity contribution is 5.75. The molecule has 0 saturated carbocycles. The summed E-state index contributed by atoms with van der Waals surface area (Å²) in [6, 6.07) is 0. The van der Waals surface area contributed by atoms with Crippen molar-refractivity contribution < 1.29 is 9.53 Å². The lowest BCUT2D eigenvalue weighted by molar-refractivity contribution is -0.121. The first kappa shape index (κ1) is 11.4. The van der Waals surface area contributed by atoms with Gasteiger partial charge < -0.3 is 10.1 Å². The third-order valence-electron chi connectivity index (χ3n) is 1.64. The van der Waals surface area contributed by atoms with Crippen LogP contribution < -0.4 is 5.32 Å². The standard InChI is InChI=1S/C9H19NO2/c1-3-4-5-7-12-8-6-9(11)10-2/h3-8H2,1-2H3,(H,10,11). The van der Waals surface area contributed by atoms with Crippen molar-refractivity contribution in [1.82, 2.24) is 5.32 Å². The van der Waals surface area contributed by atoms with Gasteiger partial charge >= 0.3 is 0 Å². The second kappa shape index (κ2) is 8.53. The smallest absolute Gasteiger partial charge is 0.222 e. The lowest BCUT2D eigenvalue weighted by Gasteiger charge is -2.02. The summed E-state index contributed by atoms with van der Waals surface area (Å²) in [6.45, 7) is 3.48. The van der Waals surface area contributed by atoms with Gasteiger partial charge in [-0.25, -0.2) is 0 Å². The van der Waals surface area contributed by atoms with Crippen LogP contribution in [0.4, 0.5) is 0 Å². The molecule has 3 heteroatoms. The molecule has 0 unspecified atom stereocenters. The molecule has 72 valence electrons. The Balaban J connectivity index is 2.95. The van der Waals surface area contributed by atoms with E-state index in [-0.39, 0.29) is 5.91 Å². The summed E-state index contributed by atoms with van der Waals surface area (Å²) in [4.78, 5) is 10.7. The zero-order valence-electron chi connectivity index (χ0n) is 8.06. The molecule has 0 aromatic carbocycles. The Morgan fingerprint density at radius 2 is 2.08 bits per heavy atom. The number of carbonyl (C=O) groups excluding carboxylic acids is 1. The minimum absolute atomic E-state index is 0.0468. The quantitative estimate of drug-likeness (QED) is 0.590. The monoisotopic (exact) mass is 173 g/mol. The van der Waals surface area contributed by atoms with E-state index in [2.05, 4.69) is 12.2 Å². The molecular formula is C9H19NO2. The third-order valence-corrected chi connectivity index (χ3v) is 1.64. The van der Waals surface area contributed by atoms with Gasteiger partial charge in [-0.2, -0.15) is 0 Å². The van der Waals surface area contributed by atoms with E-state index in [9.17, 15) is 4.79 Å². The molecule has 1 N–H and O–H groups in total. The lowest BCUT2D eigenvalue weighted by atomic mass is 10.3. The molecule has 0 fully saturated rings. The fourth-order valence-electron chi connectivity index (χ4n) is 0.846. The van der Waals surface area contributed by atoms with Gasteiger partial charge in [-0.3, -0.25) is 4.79 Å². The predicted octanol–water partition coefficient (Wildman–Crippen LogP) is 1.33. The van der Waals surface area contributed by atoms with Crippen molar-refractivity contribution in [3.05, 3.63) is 0 Å². The van der Waals surface area contributed by atoms with Gasteiger partial charge in [0, 0.05) is 20.1 Å². The minimum atomic E-state index is 0.0468. The second-order valence-corrected chi connectivity index (χ2v) is 2.74. The molecule has 1 amide bonds. The first-order chi connectivity index (χ1) is 5.81. The summed E-state index contributed by atoms with van der Waals surface area (Å²) in [7, 11) is 1.64. The number of ether oxygens (including phenoxy) is 1. The number of hydrogen-bond acceptors (Lipinski definition) is 2. The molecule has 0 aliphatic heterocycles. The van der Waals surface area contributed by atoms with Crippen LogP contribution in [0.1, 0.15) is 32.6 Å². The topological polar surface area (TPSA) is 38.3 Å².